The number of rotatable bonds is 9. The second-order valence-corrected chi connectivity index (χ2v) is 10.9. The Labute approximate surface area is 204 Å². The zero-order chi connectivity index (χ0) is 23.8. The van der Waals surface area contributed by atoms with Crippen LogP contribution in [0.2, 0.25) is 0 Å². The molecule has 3 aliphatic heterocycles. The molecule has 3 saturated heterocycles. The van der Waals surface area contributed by atoms with E-state index in [2.05, 4.69) is 34.4 Å². The Morgan fingerprint density at radius 3 is 2.70 bits per heavy atom. The third kappa shape index (κ3) is 6.88. The summed E-state index contributed by atoms with van der Waals surface area (Å²) in [5, 5.41) is 8.17. The van der Waals surface area contributed by atoms with Crippen LogP contribution in [-0.2, 0) is 19.1 Å². The summed E-state index contributed by atoms with van der Waals surface area (Å²) in [7, 11) is 0. The Kier molecular flexibility index (Phi) is 10.4. The molecule has 0 aromatic heterocycles. The zero-order valence-electron chi connectivity index (χ0n) is 19.4. The van der Waals surface area contributed by atoms with Gasteiger partial charge in [0.15, 0.2) is 0 Å². The number of morpholine rings is 1. The summed E-state index contributed by atoms with van der Waals surface area (Å²) >= 11 is 3.10. The molecule has 186 valence electrons. The molecular formula is C22H36N4O5S2. The largest absolute Gasteiger partial charge is 0.450 e. The van der Waals surface area contributed by atoms with Gasteiger partial charge in [-0.15, -0.1) is 30.1 Å². The molecule has 0 aromatic rings. The Morgan fingerprint density at radius 1 is 1.27 bits per heavy atom. The van der Waals surface area contributed by atoms with Gasteiger partial charge in [-0.25, -0.2) is 4.79 Å². The standard InChI is InChI=1S/C22H36N4O5S2/c1-4-7-15(26-9-11-30-12-10-26)17-16(5-2)33-21(23-17)19(28)24-20-14(8-13-32-20)18(27)25-22(29)31-6-3/h5,14-17,20-21,23H,2,4,6-13H2,1,3H3,(H,24,28)(H,25,27,29). The van der Waals surface area contributed by atoms with Crippen molar-refractivity contribution in [2.24, 2.45) is 5.92 Å². The van der Waals surface area contributed by atoms with E-state index in [0.29, 0.717) is 12.5 Å². The van der Waals surface area contributed by atoms with Crippen molar-refractivity contribution in [1.82, 2.24) is 20.9 Å². The average molecular weight is 501 g/mol. The fraction of sp³-hybridized carbons (Fsp3) is 0.773. The number of hydrogen-bond acceptors (Lipinski definition) is 9. The quantitative estimate of drug-likeness (QED) is 0.406. The van der Waals surface area contributed by atoms with Crippen LogP contribution in [0.15, 0.2) is 12.7 Å². The van der Waals surface area contributed by atoms with Crippen molar-refractivity contribution in [2.45, 2.75) is 61.2 Å². The minimum absolute atomic E-state index is 0.110. The smallest absolute Gasteiger partial charge is 0.413 e. The molecule has 9 nitrogen and oxygen atoms in total. The van der Waals surface area contributed by atoms with E-state index in [-0.39, 0.29) is 29.2 Å². The Morgan fingerprint density at radius 2 is 2.03 bits per heavy atom. The van der Waals surface area contributed by atoms with E-state index >= 15 is 0 Å². The fourth-order valence-electron chi connectivity index (χ4n) is 4.59. The number of alkyl carbamates (subject to hydrolysis) is 1. The Hall–Kier alpha value is -1.27. The monoisotopic (exact) mass is 500 g/mol. The summed E-state index contributed by atoms with van der Waals surface area (Å²) in [6.45, 7) is 11.3. The van der Waals surface area contributed by atoms with Gasteiger partial charge in [0.1, 0.15) is 5.37 Å². The Bertz CT molecular complexity index is 706. The van der Waals surface area contributed by atoms with Gasteiger partial charge in [0, 0.05) is 30.4 Å². The van der Waals surface area contributed by atoms with Crippen LogP contribution in [0.3, 0.4) is 0 Å². The first-order chi connectivity index (χ1) is 16.0. The molecule has 6 atom stereocenters. The highest BCUT2D eigenvalue weighted by Crippen LogP contribution is 2.35. The molecule has 0 radical (unpaired) electrons. The number of carbonyl (C=O) groups excluding carboxylic acids is 3. The summed E-state index contributed by atoms with van der Waals surface area (Å²) in [6, 6.07) is 0.414. The third-order valence-corrected chi connectivity index (χ3v) is 8.89. The first-order valence-electron chi connectivity index (χ1n) is 11.7. The number of carbonyl (C=O) groups is 3. The van der Waals surface area contributed by atoms with Gasteiger partial charge in [-0.2, -0.15) is 0 Å². The number of nitrogens with zero attached hydrogens (tertiary/aromatic N) is 1. The molecule has 3 rings (SSSR count). The predicted octanol–water partition coefficient (Wildman–Crippen LogP) is 1.54. The van der Waals surface area contributed by atoms with Crippen LogP contribution in [0.1, 0.15) is 33.1 Å². The van der Waals surface area contributed by atoms with Gasteiger partial charge >= 0.3 is 6.09 Å². The predicted molar refractivity (Wildman–Crippen MR) is 131 cm³/mol. The van der Waals surface area contributed by atoms with E-state index in [1.165, 1.54) is 11.8 Å². The molecule has 3 fully saturated rings. The summed E-state index contributed by atoms with van der Waals surface area (Å²) in [5.41, 5.74) is 0. The summed E-state index contributed by atoms with van der Waals surface area (Å²) in [5.74, 6) is -0.278. The van der Waals surface area contributed by atoms with E-state index in [9.17, 15) is 14.4 Å². The number of nitrogens with one attached hydrogen (secondary N) is 3. The second kappa shape index (κ2) is 13.0. The SMILES string of the molecule is C=CC1SC(C(=O)NC2SCCC2C(=O)NC(=O)OCC)NC1C(CCC)N1CCOCC1. The lowest BCUT2D eigenvalue weighted by Crippen LogP contribution is -2.56. The van der Waals surface area contributed by atoms with Gasteiger partial charge in [-0.3, -0.25) is 25.1 Å². The molecule has 3 aliphatic rings. The minimum atomic E-state index is -0.751. The van der Waals surface area contributed by atoms with Crippen LogP contribution in [0, 0.1) is 5.92 Å². The van der Waals surface area contributed by atoms with Gasteiger partial charge in [0.2, 0.25) is 11.8 Å². The molecule has 0 saturated carbocycles. The lowest BCUT2D eigenvalue weighted by atomic mass is 9.97. The van der Waals surface area contributed by atoms with Crippen LogP contribution in [0.25, 0.3) is 0 Å². The van der Waals surface area contributed by atoms with Crippen LogP contribution < -0.4 is 16.0 Å². The number of amides is 3. The van der Waals surface area contributed by atoms with Crippen LogP contribution in [-0.4, -0.2) is 89.6 Å². The van der Waals surface area contributed by atoms with Crippen molar-refractivity contribution < 1.29 is 23.9 Å². The number of thioether (sulfide) groups is 2. The molecule has 0 aliphatic carbocycles. The molecule has 6 unspecified atom stereocenters. The van der Waals surface area contributed by atoms with Crippen molar-refractivity contribution in [2.75, 3.05) is 38.7 Å². The van der Waals surface area contributed by atoms with Gasteiger partial charge in [0.05, 0.1) is 31.1 Å². The summed E-state index contributed by atoms with van der Waals surface area (Å²) in [6.07, 6.45) is 3.87. The van der Waals surface area contributed by atoms with Gasteiger partial charge < -0.3 is 14.8 Å². The van der Waals surface area contributed by atoms with Crippen molar-refractivity contribution in [3.8, 4) is 0 Å². The minimum Gasteiger partial charge on any atom is -0.450 e. The average Bonchev–Trinajstić information content (AvgIpc) is 3.45. The molecule has 0 spiro atoms. The lowest BCUT2D eigenvalue weighted by molar-refractivity contribution is -0.125. The zero-order valence-corrected chi connectivity index (χ0v) is 21.1. The topological polar surface area (TPSA) is 109 Å². The molecule has 3 heterocycles. The molecule has 3 N–H and O–H groups in total. The molecule has 0 aromatic carbocycles. The summed E-state index contributed by atoms with van der Waals surface area (Å²) in [4.78, 5) is 39.7. The molecule has 11 heteroatoms. The van der Waals surface area contributed by atoms with Crippen LogP contribution >= 0.6 is 23.5 Å². The maximum absolute atomic E-state index is 13.2. The second-order valence-electron chi connectivity index (χ2n) is 8.32. The van der Waals surface area contributed by atoms with Crippen molar-refractivity contribution in [3.63, 3.8) is 0 Å². The fourth-order valence-corrected chi connectivity index (χ4v) is 7.21. The van der Waals surface area contributed by atoms with Crippen molar-refractivity contribution in [1.29, 1.82) is 0 Å². The number of ether oxygens (including phenoxy) is 2. The highest BCUT2D eigenvalue weighted by Gasteiger charge is 2.44. The maximum Gasteiger partial charge on any atom is 0.413 e. The molecule has 33 heavy (non-hydrogen) atoms. The van der Waals surface area contributed by atoms with Gasteiger partial charge in [-0.05, 0) is 25.5 Å². The third-order valence-electron chi connectivity index (χ3n) is 6.19. The maximum atomic E-state index is 13.2. The van der Waals surface area contributed by atoms with E-state index < -0.39 is 23.3 Å². The number of imide groups is 1. The van der Waals surface area contributed by atoms with E-state index in [4.69, 9.17) is 9.47 Å². The highest BCUT2D eigenvalue weighted by atomic mass is 32.2. The van der Waals surface area contributed by atoms with Crippen LogP contribution in [0.4, 0.5) is 4.79 Å². The van der Waals surface area contributed by atoms with Crippen molar-refractivity contribution in [3.05, 3.63) is 12.7 Å². The Balaban J connectivity index is 1.61. The number of hydrogen-bond donors (Lipinski definition) is 3. The lowest BCUT2D eigenvalue weighted by Gasteiger charge is -2.39. The first-order valence-corrected chi connectivity index (χ1v) is 13.7. The van der Waals surface area contributed by atoms with Gasteiger partial charge in [0.25, 0.3) is 0 Å². The molecule has 0 bridgehead atoms. The van der Waals surface area contributed by atoms with E-state index in [0.717, 1.165) is 44.9 Å². The van der Waals surface area contributed by atoms with Crippen LogP contribution in [0.5, 0.6) is 0 Å². The van der Waals surface area contributed by atoms with Crippen molar-refractivity contribution >= 4 is 41.4 Å². The first kappa shape index (κ1) is 26.3. The summed E-state index contributed by atoms with van der Waals surface area (Å²) < 4.78 is 10.3. The van der Waals surface area contributed by atoms with E-state index in [1.54, 1.807) is 18.7 Å². The molecular weight excluding hydrogens is 464 g/mol. The normalized spacial score (nSPS) is 31.0. The molecule has 3 amide bonds. The van der Waals surface area contributed by atoms with E-state index in [1.807, 2.05) is 6.08 Å². The highest BCUT2D eigenvalue weighted by molar-refractivity contribution is 8.01. The van der Waals surface area contributed by atoms with Gasteiger partial charge in [-0.1, -0.05) is 19.4 Å².